The molecule has 0 aliphatic rings. The summed E-state index contributed by atoms with van der Waals surface area (Å²) in [5.41, 5.74) is 4.32. The van der Waals surface area contributed by atoms with Gasteiger partial charge in [-0.2, -0.15) is 0 Å². The monoisotopic (exact) mass is 488 g/mol. The van der Waals surface area contributed by atoms with Gasteiger partial charge in [-0.1, -0.05) is 30.9 Å². The minimum atomic E-state index is -1.41. The van der Waals surface area contributed by atoms with Gasteiger partial charge in [-0.3, -0.25) is 4.79 Å². The van der Waals surface area contributed by atoms with E-state index >= 15 is 0 Å². The molecule has 0 bridgehead atoms. The molecule has 2 rings (SSSR count). The third kappa shape index (κ3) is 6.43. The fourth-order valence-electron chi connectivity index (χ4n) is 3.81. The molecule has 2 aromatic rings. The number of esters is 1. The highest BCUT2D eigenvalue weighted by Gasteiger charge is 2.33. The Kier molecular flexibility index (Phi) is 9.37. The van der Waals surface area contributed by atoms with Gasteiger partial charge in [0.25, 0.3) is 11.2 Å². The van der Waals surface area contributed by atoms with Gasteiger partial charge in [-0.05, 0) is 79.6 Å². The summed E-state index contributed by atoms with van der Waals surface area (Å²) in [4.78, 5) is 25.4. The average molecular weight is 489 g/mol. The third-order valence-electron chi connectivity index (χ3n) is 6.18. The zero-order chi connectivity index (χ0) is 25.6. The van der Waals surface area contributed by atoms with Crippen LogP contribution in [0.4, 0.5) is 0 Å². The lowest BCUT2D eigenvalue weighted by molar-refractivity contribution is -0.146. The fraction of sp³-hybridized carbons (Fsp3) is 0.462. The van der Waals surface area contributed by atoms with E-state index in [1.807, 2.05) is 39.8 Å². The van der Waals surface area contributed by atoms with Crippen molar-refractivity contribution in [3.63, 3.8) is 0 Å². The van der Waals surface area contributed by atoms with E-state index in [9.17, 15) is 24.4 Å². The van der Waals surface area contributed by atoms with Gasteiger partial charge in [0, 0.05) is 12.5 Å². The zero-order valence-electron chi connectivity index (χ0n) is 20.7. The predicted molar refractivity (Wildman–Crippen MR) is 133 cm³/mol. The van der Waals surface area contributed by atoms with Gasteiger partial charge in [0.05, 0.1) is 12.2 Å². The van der Waals surface area contributed by atoms with Crippen molar-refractivity contribution in [3.8, 4) is 5.75 Å². The quantitative estimate of drug-likeness (QED) is 0.335. The Bertz CT molecular complexity index is 1040. The highest BCUT2D eigenvalue weighted by molar-refractivity contribution is 7.25. The first kappa shape index (κ1) is 27.5. The van der Waals surface area contributed by atoms with E-state index in [0.29, 0.717) is 18.4 Å². The molecule has 0 aliphatic heterocycles. The zero-order valence-corrected chi connectivity index (χ0v) is 21.7. The Morgan fingerprint density at radius 2 is 1.76 bits per heavy atom. The van der Waals surface area contributed by atoms with Crippen LogP contribution in [0.1, 0.15) is 72.3 Å². The van der Waals surface area contributed by atoms with Gasteiger partial charge >= 0.3 is 14.4 Å². The van der Waals surface area contributed by atoms with Crippen molar-refractivity contribution >= 4 is 20.3 Å². The van der Waals surface area contributed by atoms with Crippen molar-refractivity contribution < 1.29 is 29.1 Å². The normalized spacial score (nSPS) is 14.8. The molecule has 0 aromatic heterocycles. The molecule has 8 heteroatoms. The predicted octanol–water partition coefficient (Wildman–Crippen LogP) is 4.50. The highest BCUT2D eigenvalue weighted by Crippen LogP contribution is 2.34. The van der Waals surface area contributed by atoms with Crippen molar-refractivity contribution in [2.45, 2.75) is 65.8 Å². The number of carbonyl (C=O) groups excluding carboxylic acids is 2. The number of hydrogen-bond donors (Lipinski definition) is 3. The summed E-state index contributed by atoms with van der Waals surface area (Å²) in [7, 11) is -0.888. The van der Waals surface area contributed by atoms with E-state index in [-0.39, 0.29) is 23.8 Å². The maximum absolute atomic E-state index is 13.0. The molecule has 0 saturated carbocycles. The number of ether oxygens (including phenoxy) is 1. The van der Waals surface area contributed by atoms with Crippen LogP contribution in [0.3, 0.4) is 0 Å². The summed E-state index contributed by atoms with van der Waals surface area (Å²) in [6, 6.07) is 7.65. The second kappa shape index (κ2) is 11.6. The second-order valence-corrected chi connectivity index (χ2v) is 10.1. The Labute approximate surface area is 202 Å². The summed E-state index contributed by atoms with van der Waals surface area (Å²) in [5.74, 6) is -1.36. The van der Waals surface area contributed by atoms with Crippen molar-refractivity contribution in [3.05, 3.63) is 63.7 Å². The molecule has 4 unspecified atom stereocenters. The smallest absolute Gasteiger partial charge is 0.364 e. The average Bonchev–Trinajstić information content (AvgIpc) is 2.80. The number of aliphatic hydroxyl groups is 1. The van der Waals surface area contributed by atoms with Crippen LogP contribution in [0.5, 0.6) is 5.75 Å². The first-order valence-electron chi connectivity index (χ1n) is 11.5. The minimum absolute atomic E-state index is 0.0810. The van der Waals surface area contributed by atoms with Gasteiger partial charge in [0.2, 0.25) is 0 Å². The summed E-state index contributed by atoms with van der Waals surface area (Å²) >= 11 is 0. The van der Waals surface area contributed by atoms with Crippen LogP contribution < -0.4 is 5.32 Å². The number of rotatable bonds is 10. The number of aromatic hydroxyl groups is 1. The number of aryl methyl sites for hydroxylation is 2. The van der Waals surface area contributed by atoms with Crippen LogP contribution in [0.15, 0.2) is 30.3 Å². The molecule has 0 aliphatic carbocycles. The molecule has 184 valence electrons. The van der Waals surface area contributed by atoms with Crippen LogP contribution in [-0.2, 0) is 25.9 Å². The molecule has 34 heavy (non-hydrogen) atoms. The summed E-state index contributed by atoms with van der Waals surface area (Å²) in [6.45, 7) is 11.1. The molecule has 0 fully saturated rings. The van der Waals surface area contributed by atoms with Crippen LogP contribution >= 0.6 is 8.46 Å². The third-order valence-corrected chi connectivity index (χ3v) is 6.87. The molecular weight excluding hydrogens is 453 g/mol. The lowest BCUT2D eigenvalue weighted by atomic mass is 9.92. The summed E-state index contributed by atoms with van der Waals surface area (Å²) in [6.07, 6.45) is 1.16. The van der Waals surface area contributed by atoms with Gasteiger partial charge in [-0.15, -0.1) is 0 Å². The maximum Gasteiger partial charge on any atom is 0.364 e. The highest BCUT2D eigenvalue weighted by atomic mass is 31.1. The van der Waals surface area contributed by atoms with Gasteiger partial charge < -0.3 is 20.3 Å². The summed E-state index contributed by atoms with van der Waals surface area (Å²) in [5, 5.41) is 22.0. The minimum Gasteiger partial charge on any atom is -0.507 e. The lowest BCUT2D eigenvalue weighted by Crippen LogP contribution is -2.46. The first-order chi connectivity index (χ1) is 15.9. The van der Waals surface area contributed by atoms with Crippen LogP contribution in [0.2, 0.25) is 0 Å². The molecule has 0 radical (unpaired) electrons. The van der Waals surface area contributed by atoms with Gasteiger partial charge in [0.1, 0.15) is 11.8 Å². The maximum atomic E-state index is 13.0. The first-order valence-corrected chi connectivity index (χ1v) is 12.4. The van der Waals surface area contributed by atoms with E-state index in [1.54, 1.807) is 19.1 Å². The number of benzene rings is 2. The molecule has 2 aromatic carbocycles. The van der Waals surface area contributed by atoms with E-state index < -0.39 is 31.7 Å². The Morgan fingerprint density at radius 3 is 2.29 bits per heavy atom. The number of nitrogens with one attached hydrogen (secondary N) is 1. The van der Waals surface area contributed by atoms with Crippen molar-refractivity contribution in [1.29, 1.82) is 0 Å². The van der Waals surface area contributed by atoms with E-state index in [4.69, 9.17) is 4.74 Å². The number of phenols is 1. The van der Waals surface area contributed by atoms with Crippen molar-refractivity contribution in [2.24, 2.45) is 5.92 Å². The number of amides is 1. The molecule has 0 heterocycles. The van der Waals surface area contributed by atoms with Crippen LogP contribution in [0, 0.1) is 19.8 Å². The topological polar surface area (TPSA) is 113 Å². The molecule has 0 saturated heterocycles. The number of phenolic OH excluding ortho intramolecular Hbond substituents is 1. The molecule has 7 nitrogen and oxygen atoms in total. The number of carbonyl (C=O) groups is 2. The van der Waals surface area contributed by atoms with E-state index in [0.717, 1.165) is 22.3 Å². The molecule has 0 spiro atoms. The van der Waals surface area contributed by atoms with Crippen molar-refractivity contribution in [2.75, 3.05) is 6.61 Å². The molecule has 3 N–H and O–H groups in total. The largest absolute Gasteiger partial charge is 0.507 e. The Balaban J connectivity index is 2.34. The molecular formula is C26H35NO6P+. The Morgan fingerprint density at radius 1 is 1.15 bits per heavy atom. The number of hydrogen-bond acceptors (Lipinski definition) is 6. The van der Waals surface area contributed by atoms with Gasteiger partial charge in [-0.25, -0.2) is 4.79 Å². The summed E-state index contributed by atoms with van der Waals surface area (Å²) < 4.78 is 16.5. The SMILES string of the molecule is CCOC(=O)C(NC(=O)c1cc(Cc2c(C)cc(C(C)(O)[PH+]=O)cc2C)ccc1O)C(C)CC. The fourth-order valence-corrected chi connectivity index (χ4v) is 4.07. The molecule has 1 amide bonds. The van der Waals surface area contributed by atoms with E-state index in [1.165, 1.54) is 13.0 Å². The van der Waals surface area contributed by atoms with Gasteiger partial charge in [0.15, 0.2) is 0 Å². The van der Waals surface area contributed by atoms with Crippen LogP contribution in [-0.4, -0.2) is 34.7 Å². The second-order valence-electron chi connectivity index (χ2n) is 8.88. The van der Waals surface area contributed by atoms with Crippen LogP contribution in [0.25, 0.3) is 0 Å². The van der Waals surface area contributed by atoms with Crippen molar-refractivity contribution in [1.82, 2.24) is 5.32 Å². The van der Waals surface area contributed by atoms with E-state index in [2.05, 4.69) is 5.32 Å². The molecule has 4 atom stereocenters. The lowest BCUT2D eigenvalue weighted by Gasteiger charge is -2.23. The Hall–Kier alpha value is -2.76. The standard InChI is InChI=1S/C26H34NO6P/c1-7-15(3)23(25(30)33-8-2)27-24(29)21-14-18(9-10-22(21)28)13-20-16(4)11-19(12-17(20)5)26(6,31)34-32/h9-12,14-15,23,28,31H,7-8,13H2,1-6H3,(H,27,29)/p+1.